The molecular formula is C22H46Cl2N8O8S2. The first-order valence-electron chi connectivity index (χ1n) is 13.4. The second kappa shape index (κ2) is 21.5. The van der Waals surface area contributed by atoms with Crippen LogP contribution in [0.4, 0.5) is 0 Å². The van der Waals surface area contributed by atoms with Gasteiger partial charge >= 0.3 is 0 Å². The van der Waals surface area contributed by atoms with E-state index in [2.05, 4.69) is 20.1 Å². The van der Waals surface area contributed by atoms with Crippen molar-refractivity contribution in [2.45, 2.75) is 126 Å². The predicted octanol–water partition coefficient (Wildman–Crippen LogP) is 2.95. The van der Waals surface area contributed by atoms with E-state index in [1.54, 1.807) is 0 Å². The monoisotopic (exact) mass is 684 g/mol. The number of aliphatic hydroxyl groups is 2. The normalized spacial score (nSPS) is 31.6. The summed E-state index contributed by atoms with van der Waals surface area (Å²) >= 11 is 0. The molecule has 0 aromatic carbocycles. The zero-order valence-corrected chi connectivity index (χ0v) is 27.2. The van der Waals surface area contributed by atoms with Gasteiger partial charge in [-0.25, -0.2) is 0 Å². The fourth-order valence-electron chi connectivity index (χ4n) is 4.82. The summed E-state index contributed by atoms with van der Waals surface area (Å²) in [4.78, 5) is 5.38. The number of nitrogens with two attached hydrogens (primary N) is 2. The minimum Gasteiger partial charge on any atom is -0.390 e. The van der Waals surface area contributed by atoms with Crippen molar-refractivity contribution in [2.24, 2.45) is 21.7 Å². The van der Waals surface area contributed by atoms with Gasteiger partial charge in [-0.1, -0.05) is 23.1 Å². The third kappa shape index (κ3) is 18.5. The maximum Gasteiger partial charge on any atom is 0.264 e. The molecule has 0 bridgehead atoms. The summed E-state index contributed by atoms with van der Waals surface area (Å²) in [6.45, 7) is 0. The predicted molar refractivity (Wildman–Crippen MR) is 163 cm³/mol. The largest absolute Gasteiger partial charge is 0.390 e. The first-order valence-corrected chi connectivity index (χ1v) is 17.0. The summed E-state index contributed by atoms with van der Waals surface area (Å²) in [5, 5.41) is 24.6. The van der Waals surface area contributed by atoms with Crippen LogP contribution in [0.5, 0.6) is 0 Å². The Morgan fingerprint density at radius 2 is 0.952 bits per heavy atom. The van der Waals surface area contributed by atoms with Crippen molar-refractivity contribution in [3.05, 3.63) is 20.9 Å². The number of hydrogen-bond acceptors (Lipinski definition) is 12. The third-order valence-corrected chi connectivity index (χ3v) is 8.09. The van der Waals surface area contributed by atoms with Crippen molar-refractivity contribution in [1.82, 2.24) is 0 Å². The van der Waals surface area contributed by atoms with E-state index in [-0.39, 0.29) is 36.9 Å². The Morgan fingerprint density at radius 3 is 1.19 bits per heavy atom. The van der Waals surface area contributed by atoms with E-state index in [1.807, 2.05) is 0 Å². The van der Waals surface area contributed by atoms with Gasteiger partial charge in [0.05, 0.1) is 24.7 Å². The number of rotatable bonds is 6. The Kier molecular flexibility index (Phi) is 22.0. The summed E-state index contributed by atoms with van der Waals surface area (Å²) in [5.74, 6) is 0. The zero-order chi connectivity index (χ0) is 30.3. The van der Waals surface area contributed by atoms with Crippen LogP contribution in [-0.4, -0.2) is 88.1 Å². The van der Waals surface area contributed by atoms with Crippen LogP contribution in [0, 0.1) is 0 Å². The minimum absolute atomic E-state index is 0. The summed E-state index contributed by atoms with van der Waals surface area (Å²) in [7, 11) is -7.14. The standard InChI is InChI=1S/C7H14O6S2.C5H8N6.C5H12N2.C5H10O2.2ClH/c1-14(8,9)12-6-4-3-5-7(6)13-15(2,10)11;6-10-8-4-2-1-3-5(4)9-11-7;2*6-4-2-1-3-5(4)7;;/h6-7H,3-5H2,1-2H3;4-5H,1-3H2;4-5H,1-3,6-7H2;4-7H,1-3H2;2*1H/t6-,7+;3*4-,5+;;. The molecule has 0 aliphatic heterocycles. The number of azide groups is 2. The lowest BCUT2D eigenvalue weighted by Crippen LogP contribution is -2.35. The second-order valence-corrected chi connectivity index (χ2v) is 13.6. The first kappa shape index (κ1) is 43.0. The van der Waals surface area contributed by atoms with Crippen LogP contribution in [0.3, 0.4) is 0 Å². The molecular weight excluding hydrogens is 639 g/mol. The van der Waals surface area contributed by atoms with Crippen LogP contribution >= 0.6 is 24.8 Å². The molecule has 0 radical (unpaired) electrons. The van der Waals surface area contributed by atoms with Gasteiger partial charge in [0, 0.05) is 34.0 Å². The lowest BCUT2D eigenvalue weighted by Gasteiger charge is -2.17. The zero-order valence-electron chi connectivity index (χ0n) is 23.9. The molecule has 0 amide bonds. The van der Waals surface area contributed by atoms with Gasteiger partial charge in [-0.15, -0.1) is 24.8 Å². The highest BCUT2D eigenvalue weighted by atomic mass is 35.5. The molecule has 42 heavy (non-hydrogen) atoms. The molecule has 4 aliphatic rings. The van der Waals surface area contributed by atoms with E-state index in [0.717, 1.165) is 63.9 Å². The van der Waals surface area contributed by atoms with Crippen molar-refractivity contribution < 1.29 is 35.4 Å². The minimum atomic E-state index is -3.57. The van der Waals surface area contributed by atoms with Crippen molar-refractivity contribution in [2.75, 3.05) is 12.5 Å². The molecule has 4 saturated carbocycles. The summed E-state index contributed by atoms with van der Waals surface area (Å²) in [5.41, 5.74) is 27.4. The lowest BCUT2D eigenvalue weighted by atomic mass is 10.2. The molecule has 0 spiro atoms. The van der Waals surface area contributed by atoms with Crippen LogP contribution in [-0.2, 0) is 28.6 Å². The van der Waals surface area contributed by atoms with E-state index in [0.29, 0.717) is 31.3 Å². The Bertz CT molecular complexity index is 980. The van der Waals surface area contributed by atoms with Gasteiger partial charge in [0.2, 0.25) is 0 Å². The lowest BCUT2D eigenvalue weighted by molar-refractivity contribution is 0.0438. The maximum absolute atomic E-state index is 10.9. The van der Waals surface area contributed by atoms with Crippen LogP contribution in [0.2, 0.25) is 0 Å². The SMILES string of the molecule is CS(=O)(=O)O[C@H]1CCC[C@H]1OS(C)(=O)=O.Cl.Cl.N[C@@H]1CCC[C@@H]1N.O[C@@H]1CCC[C@@H]1O.[N-]=[N+]=N[C@H]1CCC[C@H]1N=[N+]=[N-]. The third-order valence-electron chi connectivity index (χ3n) is 6.90. The van der Waals surface area contributed by atoms with Crippen molar-refractivity contribution in [3.8, 4) is 0 Å². The van der Waals surface area contributed by atoms with Gasteiger partial charge in [0.25, 0.3) is 20.2 Å². The molecule has 0 unspecified atom stereocenters. The first-order chi connectivity index (χ1) is 18.7. The molecule has 0 saturated heterocycles. The molecule has 4 fully saturated rings. The quantitative estimate of drug-likeness (QED) is 0.137. The molecule has 0 heterocycles. The van der Waals surface area contributed by atoms with E-state index in [1.165, 1.54) is 6.42 Å². The van der Waals surface area contributed by atoms with Crippen LogP contribution in [0.1, 0.15) is 77.0 Å². The van der Waals surface area contributed by atoms with Crippen molar-refractivity contribution in [1.29, 1.82) is 0 Å². The topological polar surface area (TPSA) is 277 Å². The van der Waals surface area contributed by atoms with Gasteiger partial charge in [0.1, 0.15) is 12.2 Å². The van der Waals surface area contributed by atoms with Gasteiger partial charge in [-0.05, 0) is 75.3 Å². The number of halogens is 2. The highest BCUT2D eigenvalue weighted by Crippen LogP contribution is 2.27. The summed E-state index contributed by atoms with van der Waals surface area (Å²) in [6, 6.07) is 0.354. The summed E-state index contributed by atoms with van der Waals surface area (Å²) < 4.78 is 53.0. The van der Waals surface area contributed by atoms with Crippen molar-refractivity contribution in [3.63, 3.8) is 0 Å². The summed E-state index contributed by atoms with van der Waals surface area (Å²) in [6.07, 6.45) is 9.99. The Labute approximate surface area is 260 Å². The Morgan fingerprint density at radius 1 is 0.643 bits per heavy atom. The average Bonchev–Trinajstić information content (AvgIpc) is 3.63. The van der Waals surface area contributed by atoms with Gasteiger partial charge in [-0.3, -0.25) is 8.37 Å². The molecule has 0 aromatic heterocycles. The van der Waals surface area contributed by atoms with Crippen LogP contribution < -0.4 is 11.5 Å². The molecule has 20 heteroatoms. The molecule has 8 atom stereocenters. The molecule has 4 aliphatic carbocycles. The second-order valence-electron chi connectivity index (χ2n) is 10.4. The molecule has 16 nitrogen and oxygen atoms in total. The van der Waals surface area contributed by atoms with Crippen LogP contribution in [0.25, 0.3) is 20.9 Å². The maximum atomic E-state index is 10.9. The highest BCUT2D eigenvalue weighted by Gasteiger charge is 2.34. The van der Waals surface area contributed by atoms with E-state index >= 15 is 0 Å². The van der Waals surface area contributed by atoms with Crippen molar-refractivity contribution >= 4 is 45.1 Å². The molecule has 248 valence electrons. The Hall–Kier alpha value is -1.14. The average molecular weight is 686 g/mol. The van der Waals surface area contributed by atoms with E-state index in [4.69, 9.17) is 41.1 Å². The molecule has 4 rings (SSSR count). The number of hydrogen-bond donors (Lipinski definition) is 4. The Balaban J connectivity index is 0. The van der Waals surface area contributed by atoms with E-state index < -0.39 is 44.7 Å². The number of aliphatic hydroxyl groups excluding tert-OH is 2. The van der Waals surface area contributed by atoms with Crippen LogP contribution in [0.15, 0.2) is 10.2 Å². The highest BCUT2D eigenvalue weighted by molar-refractivity contribution is 7.86. The van der Waals surface area contributed by atoms with Gasteiger partial charge in [-0.2, -0.15) is 16.8 Å². The fourth-order valence-corrected chi connectivity index (χ4v) is 6.16. The molecule has 0 aromatic rings. The van der Waals surface area contributed by atoms with Gasteiger partial charge in [0.15, 0.2) is 0 Å². The fraction of sp³-hybridized carbons (Fsp3) is 1.00. The smallest absolute Gasteiger partial charge is 0.264 e. The van der Waals surface area contributed by atoms with E-state index in [9.17, 15) is 16.8 Å². The molecule has 6 N–H and O–H groups in total. The van der Waals surface area contributed by atoms with Gasteiger partial charge < -0.3 is 21.7 Å². The number of nitrogens with zero attached hydrogens (tertiary/aromatic N) is 6.